The summed E-state index contributed by atoms with van der Waals surface area (Å²) in [5, 5.41) is 0. The molecule has 98 valence electrons. The molecule has 1 fully saturated rings. The number of amides is 1. The molecule has 5 heteroatoms. The van der Waals surface area contributed by atoms with Crippen molar-refractivity contribution in [3.63, 3.8) is 0 Å². The fourth-order valence-corrected chi connectivity index (χ4v) is 2.23. The van der Waals surface area contributed by atoms with E-state index >= 15 is 0 Å². The Morgan fingerprint density at radius 3 is 2.33 bits per heavy atom. The minimum absolute atomic E-state index is 0.0955. The lowest BCUT2D eigenvalue weighted by molar-refractivity contribution is -0.137. The molecule has 1 saturated heterocycles. The Morgan fingerprint density at radius 1 is 1.22 bits per heavy atom. The van der Waals surface area contributed by atoms with E-state index in [1.807, 2.05) is 0 Å². The van der Waals surface area contributed by atoms with Crippen LogP contribution in [0.2, 0.25) is 0 Å². The highest BCUT2D eigenvalue weighted by Gasteiger charge is 2.31. The molecule has 0 spiro atoms. The largest absolute Gasteiger partial charge is 0.416 e. The predicted molar refractivity (Wildman–Crippen MR) is 61.1 cm³/mol. The van der Waals surface area contributed by atoms with E-state index in [4.69, 9.17) is 0 Å². The van der Waals surface area contributed by atoms with Crippen molar-refractivity contribution < 1.29 is 18.0 Å². The molecule has 0 radical (unpaired) electrons. The second kappa shape index (κ2) is 4.63. The molecule has 0 aromatic heterocycles. The summed E-state index contributed by atoms with van der Waals surface area (Å²) in [6, 6.07) is 5.23. The third kappa shape index (κ3) is 2.66. The minimum atomic E-state index is -4.29. The van der Waals surface area contributed by atoms with Crippen molar-refractivity contribution in [2.24, 2.45) is 0 Å². The maximum atomic E-state index is 12.4. The lowest BCUT2D eigenvalue weighted by atomic mass is 9.90. The molecule has 0 bridgehead atoms. The summed E-state index contributed by atoms with van der Waals surface area (Å²) in [4.78, 5) is 13.0. The lowest BCUT2D eigenvalue weighted by Gasteiger charge is -2.30. The molecule has 2 rings (SSSR count). The SMILES string of the molecule is CN1CC(c2ccc(C(F)(F)F)cc2)CCC1=O. The van der Waals surface area contributed by atoms with Gasteiger partial charge in [0.15, 0.2) is 0 Å². The number of piperidine rings is 1. The topological polar surface area (TPSA) is 20.3 Å². The molecular formula is C13H14F3NO. The number of benzene rings is 1. The first kappa shape index (κ1) is 12.9. The van der Waals surface area contributed by atoms with Gasteiger partial charge >= 0.3 is 6.18 Å². The van der Waals surface area contributed by atoms with Crippen molar-refractivity contribution in [2.75, 3.05) is 13.6 Å². The van der Waals surface area contributed by atoms with Gasteiger partial charge in [0.25, 0.3) is 0 Å². The number of alkyl halides is 3. The van der Waals surface area contributed by atoms with Gasteiger partial charge < -0.3 is 4.90 Å². The van der Waals surface area contributed by atoms with Crippen LogP contribution in [-0.4, -0.2) is 24.4 Å². The van der Waals surface area contributed by atoms with Crippen LogP contribution in [0.15, 0.2) is 24.3 Å². The van der Waals surface area contributed by atoms with Crippen LogP contribution < -0.4 is 0 Å². The van der Waals surface area contributed by atoms with Gasteiger partial charge in [0.2, 0.25) is 5.91 Å². The van der Waals surface area contributed by atoms with Gasteiger partial charge in [-0.15, -0.1) is 0 Å². The molecule has 1 atom stereocenters. The van der Waals surface area contributed by atoms with E-state index in [0.29, 0.717) is 19.4 Å². The van der Waals surface area contributed by atoms with Crippen LogP contribution in [0.1, 0.15) is 29.9 Å². The number of likely N-dealkylation sites (N-methyl/N-ethyl adjacent to an activating group) is 1. The highest BCUT2D eigenvalue weighted by molar-refractivity contribution is 5.76. The fourth-order valence-electron chi connectivity index (χ4n) is 2.23. The smallest absolute Gasteiger partial charge is 0.345 e. The molecule has 2 nitrogen and oxygen atoms in total. The lowest BCUT2D eigenvalue weighted by Crippen LogP contribution is -2.35. The minimum Gasteiger partial charge on any atom is -0.345 e. The summed E-state index contributed by atoms with van der Waals surface area (Å²) in [6.45, 7) is 0.574. The number of nitrogens with zero attached hydrogens (tertiary/aromatic N) is 1. The molecule has 0 N–H and O–H groups in total. The number of halogens is 3. The summed E-state index contributed by atoms with van der Waals surface area (Å²) in [5.74, 6) is 0.230. The van der Waals surface area contributed by atoms with E-state index < -0.39 is 11.7 Å². The molecule has 18 heavy (non-hydrogen) atoms. The van der Waals surface area contributed by atoms with E-state index in [0.717, 1.165) is 17.7 Å². The first-order valence-corrected chi connectivity index (χ1v) is 5.79. The predicted octanol–water partition coefficient (Wildman–Crippen LogP) is 3.04. The molecule has 0 saturated carbocycles. The Labute approximate surface area is 103 Å². The molecule has 1 aliphatic rings. The van der Waals surface area contributed by atoms with Gasteiger partial charge in [-0.2, -0.15) is 13.2 Å². The summed E-state index contributed by atoms with van der Waals surface area (Å²) >= 11 is 0. The maximum absolute atomic E-state index is 12.4. The van der Waals surface area contributed by atoms with E-state index in [1.165, 1.54) is 12.1 Å². The van der Waals surface area contributed by atoms with Crippen molar-refractivity contribution in [3.05, 3.63) is 35.4 Å². The zero-order valence-electron chi connectivity index (χ0n) is 10.00. The molecule has 0 aliphatic carbocycles. The Hall–Kier alpha value is -1.52. The normalized spacial score (nSPS) is 21.2. The fraction of sp³-hybridized carbons (Fsp3) is 0.462. The van der Waals surface area contributed by atoms with Crippen molar-refractivity contribution in [3.8, 4) is 0 Å². The summed E-state index contributed by atoms with van der Waals surface area (Å²) in [7, 11) is 1.72. The first-order chi connectivity index (χ1) is 8.38. The highest BCUT2D eigenvalue weighted by atomic mass is 19.4. The molecule has 1 unspecified atom stereocenters. The summed E-state index contributed by atoms with van der Waals surface area (Å²) in [5.41, 5.74) is 0.230. The number of likely N-dealkylation sites (tertiary alicyclic amines) is 1. The van der Waals surface area contributed by atoms with Crippen molar-refractivity contribution in [2.45, 2.75) is 24.9 Å². The second-order valence-electron chi connectivity index (χ2n) is 4.63. The molecule has 1 amide bonds. The average molecular weight is 257 g/mol. The van der Waals surface area contributed by atoms with Crippen molar-refractivity contribution in [1.82, 2.24) is 4.90 Å². The van der Waals surface area contributed by atoms with Crippen LogP contribution in [0.5, 0.6) is 0 Å². The number of rotatable bonds is 1. The van der Waals surface area contributed by atoms with Gasteiger partial charge in [-0.1, -0.05) is 12.1 Å². The van der Waals surface area contributed by atoms with E-state index in [2.05, 4.69) is 0 Å². The Morgan fingerprint density at radius 2 is 1.83 bits per heavy atom. The van der Waals surface area contributed by atoms with Crippen LogP contribution in [0.3, 0.4) is 0 Å². The van der Waals surface area contributed by atoms with Gasteiger partial charge in [-0.05, 0) is 24.1 Å². The van der Waals surface area contributed by atoms with Gasteiger partial charge in [0.05, 0.1) is 5.56 Å². The van der Waals surface area contributed by atoms with Crippen LogP contribution in [0, 0.1) is 0 Å². The maximum Gasteiger partial charge on any atom is 0.416 e. The zero-order valence-corrected chi connectivity index (χ0v) is 10.00. The Bertz CT molecular complexity index is 439. The third-order valence-electron chi connectivity index (χ3n) is 3.34. The van der Waals surface area contributed by atoms with Crippen LogP contribution >= 0.6 is 0 Å². The number of hydrogen-bond donors (Lipinski definition) is 0. The standard InChI is InChI=1S/C13H14F3NO/c1-17-8-10(4-7-12(17)18)9-2-5-11(6-3-9)13(14,15)16/h2-3,5-6,10H,4,7-8H2,1H3. The summed E-state index contributed by atoms with van der Waals surface area (Å²) < 4.78 is 37.3. The third-order valence-corrected chi connectivity index (χ3v) is 3.34. The second-order valence-corrected chi connectivity index (χ2v) is 4.63. The zero-order chi connectivity index (χ0) is 13.3. The van der Waals surface area contributed by atoms with Crippen LogP contribution in [0.25, 0.3) is 0 Å². The summed E-state index contributed by atoms with van der Waals surface area (Å²) in [6.07, 6.45) is -3.13. The van der Waals surface area contributed by atoms with Gasteiger partial charge in [0.1, 0.15) is 0 Å². The Kier molecular flexibility index (Phi) is 3.32. The molecule has 1 heterocycles. The van der Waals surface area contributed by atoms with Gasteiger partial charge in [-0.25, -0.2) is 0 Å². The first-order valence-electron chi connectivity index (χ1n) is 5.79. The molecule has 1 aliphatic heterocycles. The number of carbonyl (C=O) groups is 1. The van der Waals surface area contributed by atoms with Gasteiger partial charge in [0, 0.05) is 25.9 Å². The van der Waals surface area contributed by atoms with Crippen LogP contribution in [-0.2, 0) is 11.0 Å². The molecule has 1 aromatic carbocycles. The van der Waals surface area contributed by atoms with E-state index in [1.54, 1.807) is 11.9 Å². The van der Waals surface area contributed by atoms with E-state index in [9.17, 15) is 18.0 Å². The highest BCUT2D eigenvalue weighted by Crippen LogP contribution is 2.32. The molecule has 1 aromatic rings. The Balaban J connectivity index is 2.13. The molecular weight excluding hydrogens is 243 g/mol. The number of hydrogen-bond acceptors (Lipinski definition) is 1. The van der Waals surface area contributed by atoms with Crippen molar-refractivity contribution >= 4 is 5.91 Å². The average Bonchev–Trinajstić information content (AvgIpc) is 2.32. The van der Waals surface area contributed by atoms with E-state index in [-0.39, 0.29) is 11.8 Å². The number of carbonyl (C=O) groups excluding carboxylic acids is 1. The monoisotopic (exact) mass is 257 g/mol. The van der Waals surface area contributed by atoms with Gasteiger partial charge in [-0.3, -0.25) is 4.79 Å². The van der Waals surface area contributed by atoms with Crippen molar-refractivity contribution in [1.29, 1.82) is 0 Å². The quantitative estimate of drug-likeness (QED) is 0.757. The van der Waals surface area contributed by atoms with Crippen LogP contribution in [0.4, 0.5) is 13.2 Å².